The normalized spacial score (nSPS) is 17.7. The number of nitrogen functional groups attached to an aromatic ring is 1. The third kappa shape index (κ3) is 3.69. The van der Waals surface area contributed by atoms with Gasteiger partial charge in [0.25, 0.3) is 0 Å². The summed E-state index contributed by atoms with van der Waals surface area (Å²) < 4.78 is 16.3. The van der Waals surface area contributed by atoms with Crippen LogP contribution in [0.1, 0.15) is 12.8 Å². The minimum atomic E-state index is 0.0253. The van der Waals surface area contributed by atoms with Gasteiger partial charge in [-0.1, -0.05) is 0 Å². The molecule has 25 heavy (non-hydrogen) atoms. The Morgan fingerprint density at radius 3 is 2.72 bits per heavy atom. The quantitative estimate of drug-likeness (QED) is 0.803. The zero-order valence-corrected chi connectivity index (χ0v) is 14.6. The zero-order chi connectivity index (χ0) is 17.8. The van der Waals surface area contributed by atoms with Gasteiger partial charge in [0.15, 0.2) is 11.5 Å². The number of anilines is 2. The molecule has 8 nitrogen and oxygen atoms in total. The fourth-order valence-corrected chi connectivity index (χ4v) is 3.08. The van der Waals surface area contributed by atoms with Crippen LogP contribution < -0.4 is 20.1 Å². The lowest BCUT2D eigenvalue weighted by atomic mass is 10.1. The Bertz CT molecular complexity index is 740. The number of hydrogen-bond donors (Lipinski definition) is 2. The summed E-state index contributed by atoms with van der Waals surface area (Å²) in [5, 5.41) is 9.65. The number of rotatable bonds is 6. The van der Waals surface area contributed by atoms with E-state index in [1.54, 1.807) is 26.4 Å². The van der Waals surface area contributed by atoms with E-state index < -0.39 is 0 Å². The molecule has 1 fully saturated rings. The Labute approximate surface area is 146 Å². The van der Waals surface area contributed by atoms with Gasteiger partial charge in [0, 0.05) is 24.5 Å². The van der Waals surface area contributed by atoms with E-state index in [-0.39, 0.29) is 12.7 Å². The summed E-state index contributed by atoms with van der Waals surface area (Å²) in [6.45, 7) is 1.89. The van der Waals surface area contributed by atoms with E-state index in [0.717, 1.165) is 24.8 Å². The molecule has 1 aromatic heterocycles. The Kier molecular flexibility index (Phi) is 5.40. The van der Waals surface area contributed by atoms with Crippen LogP contribution in [0, 0.1) is 0 Å². The first kappa shape index (κ1) is 17.5. The van der Waals surface area contributed by atoms with Crippen molar-refractivity contribution in [3.63, 3.8) is 0 Å². The van der Waals surface area contributed by atoms with E-state index in [1.807, 2.05) is 0 Å². The van der Waals surface area contributed by atoms with Crippen LogP contribution in [0.2, 0.25) is 0 Å². The molecule has 0 radical (unpaired) electrons. The van der Waals surface area contributed by atoms with Crippen LogP contribution >= 0.6 is 0 Å². The number of ether oxygens (including phenoxy) is 3. The summed E-state index contributed by atoms with van der Waals surface area (Å²) in [5.74, 6) is 2.17. The molecule has 1 aliphatic heterocycles. The molecule has 0 amide bonds. The van der Waals surface area contributed by atoms with Gasteiger partial charge in [0.05, 0.1) is 39.1 Å². The monoisotopic (exact) mass is 348 g/mol. The van der Waals surface area contributed by atoms with Crippen molar-refractivity contribution in [3.05, 3.63) is 12.1 Å². The van der Waals surface area contributed by atoms with E-state index in [1.165, 1.54) is 0 Å². The second-order valence-electron chi connectivity index (χ2n) is 5.94. The molecule has 0 bridgehead atoms. The van der Waals surface area contributed by atoms with Crippen LogP contribution in [0.15, 0.2) is 12.1 Å². The summed E-state index contributed by atoms with van der Waals surface area (Å²) in [4.78, 5) is 11.2. The van der Waals surface area contributed by atoms with E-state index in [4.69, 9.17) is 25.1 Å². The minimum Gasteiger partial charge on any atom is -0.493 e. The molecule has 0 spiro atoms. The van der Waals surface area contributed by atoms with Crippen LogP contribution in [0.25, 0.3) is 10.9 Å². The molecule has 136 valence electrons. The van der Waals surface area contributed by atoms with Crippen LogP contribution in [0.3, 0.4) is 0 Å². The molecule has 1 aromatic carbocycles. The second kappa shape index (κ2) is 7.71. The summed E-state index contributed by atoms with van der Waals surface area (Å²) >= 11 is 0. The van der Waals surface area contributed by atoms with E-state index in [9.17, 15) is 0 Å². The van der Waals surface area contributed by atoms with Crippen molar-refractivity contribution >= 4 is 22.7 Å². The number of aliphatic hydroxyl groups excluding tert-OH is 1. The Hall–Kier alpha value is -2.32. The van der Waals surface area contributed by atoms with Gasteiger partial charge in [0.2, 0.25) is 5.95 Å². The number of nitrogens with zero attached hydrogens (tertiary/aromatic N) is 3. The highest BCUT2D eigenvalue weighted by atomic mass is 16.5. The van der Waals surface area contributed by atoms with Gasteiger partial charge in [-0.3, -0.25) is 0 Å². The largest absolute Gasteiger partial charge is 0.493 e. The maximum atomic E-state index is 8.92. The second-order valence-corrected chi connectivity index (χ2v) is 5.94. The number of aromatic nitrogens is 2. The van der Waals surface area contributed by atoms with Gasteiger partial charge in [0.1, 0.15) is 5.82 Å². The number of aliphatic hydroxyl groups is 1. The van der Waals surface area contributed by atoms with Crippen molar-refractivity contribution in [2.45, 2.75) is 18.9 Å². The number of fused-ring (bicyclic) bond motifs is 1. The molecule has 0 aliphatic carbocycles. The van der Waals surface area contributed by atoms with E-state index in [2.05, 4.69) is 14.9 Å². The SMILES string of the molecule is COc1cc2nc(N3CCC[C@H](OCCO)C3)nc(N)c2cc1OC. The highest BCUT2D eigenvalue weighted by Crippen LogP contribution is 2.34. The van der Waals surface area contributed by atoms with Gasteiger partial charge in [-0.05, 0) is 18.9 Å². The smallest absolute Gasteiger partial charge is 0.227 e. The molecule has 8 heteroatoms. The average Bonchev–Trinajstić information content (AvgIpc) is 2.65. The number of benzene rings is 1. The highest BCUT2D eigenvalue weighted by Gasteiger charge is 2.23. The first-order valence-electron chi connectivity index (χ1n) is 8.33. The van der Waals surface area contributed by atoms with Crippen molar-refractivity contribution < 1.29 is 19.3 Å². The summed E-state index contributed by atoms with van der Waals surface area (Å²) in [6, 6.07) is 3.59. The van der Waals surface area contributed by atoms with E-state index in [0.29, 0.717) is 41.9 Å². The average molecular weight is 348 g/mol. The number of hydrogen-bond acceptors (Lipinski definition) is 8. The maximum absolute atomic E-state index is 8.92. The zero-order valence-electron chi connectivity index (χ0n) is 14.6. The number of nitrogens with two attached hydrogens (primary N) is 1. The molecule has 1 saturated heterocycles. The Morgan fingerprint density at radius 1 is 1.24 bits per heavy atom. The Morgan fingerprint density at radius 2 is 2.00 bits per heavy atom. The van der Waals surface area contributed by atoms with Crippen molar-refractivity contribution in [2.24, 2.45) is 0 Å². The van der Waals surface area contributed by atoms with Crippen LogP contribution in [-0.4, -0.2) is 61.7 Å². The first-order valence-corrected chi connectivity index (χ1v) is 8.33. The fraction of sp³-hybridized carbons (Fsp3) is 0.529. The molecule has 1 atom stereocenters. The van der Waals surface area contributed by atoms with Crippen molar-refractivity contribution in [1.29, 1.82) is 0 Å². The van der Waals surface area contributed by atoms with E-state index >= 15 is 0 Å². The van der Waals surface area contributed by atoms with Gasteiger partial charge in [-0.2, -0.15) is 4.98 Å². The molecule has 3 rings (SSSR count). The lowest BCUT2D eigenvalue weighted by molar-refractivity contribution is 0.0212. The van der Waals surface area contributed by atoms with Crippen LogP contribution in [0.5, 0.6) is 11.5 Å². The van der Waals surface area contributed by atoms with Crippen molar-refractivity contribution in [1.82, 2.24) is 9.97 Å². The third-order valence-corrected chi connectivity index (χ3v) is 4.32. The van der Waals surface area contributed by atoms with Gasteiger partial charge < -0.3 is 30.0 Å². The predicted molar refractivity (Wildman–Crippen MR) is 95.3 cm³/mol. The molecular weight excluding hydrogens is 324 g/mol. The lowest BCUT2D eigenvalue weighted by Gasteiger charge is -2.32. The minimum absolute atomic E-state index is 0.0253. The maximum Gasteiger partial charge on any atom is 0.227 e. The number of methoxy groups -OCH3 is 2. The molecule has 1 aliphatic rings. The van der Waals surface area contributed by atoms with Gasteiger partial charge in [-0.25, -0.2) is 4.98 Å². The molecule has 3 N–H and O–H groups in total. The summed E-state index contributed by atoms with van der Waals surface area (Å²) in [5.41, 5.74) is 6.86. The summed E-state index contributed by atoms with van der Waals surface area (Å²) in [6.07, 6.45) is 2.00. The van der Waals surface area contributed by atoms with Gasteiger partial charge >= 0.3 is 0 Å². The molecule has 0 unspecified atom stereocenters. The fourth-order valence-electron chi connectivity index (χ4n) is 3.08. The lowest BCUT2D eigenvalue weighted by Crippen LogP contribution is -2.41. The predicted octanol–water partition coefficient (Wildman–Crippen LogP) is 1.21. The molecule has 2 heterocycles. The first-order chi connectivity index (χ1) is 12.2. The molecule has 0 saturated carbocycles. The topological polar surface area (TPSA) is 103 Å². The van der Waals surface area contributed by atoms with Gasteiger partial charge in [-0.15, -0.1) is 0 Å². The third-order valence-electron chi connectivity index (χ3n) is 4.32. The van der Waals surface area contributed by atoms with Crippen LogP contribution in [0.4, 0.5) is 11.8 Å². The highest BCUT2D eigenvalue weighted by molar-refractivity contribution is 5.91. The number of piperidine rings is 1. The molecule has 2 aromatic rings. The standard InChI is InChI=1S/C17H24N4O4/c1-23-14-8-12-13(9-15(14)24-2)19-17(20-16(12)18)21-5-3-4-11(10-21)25-7-6-22/h8-9,11,22H,3-7,10H2,1-2H3,(H2,18,19,20)/t11-/m0/s1. The summed E-state index contributed by atoms with van der Waals surface area (Å²) in [7, 11) is 3.16. The Balaban J connectivity index is 1.91. The van der Waals surface area contributed by atoms with Crippen molar-refractivity contribution in [2.75, 3.05) is 51.2 Å². The van der Waals surface area contributed by atoms with Crippen LogP contribution in [-0.2, 0) is 4.74 Å². The molecular formula is C17H24N4O4. The van der Waals surface area contributed by atoms with Crippen molar-refractivity contribution in [3.8, 4) is 11.5 Å².